The maximum Gasteiger partial charge on any atom is 0.153 e. The van der Waals surface area contributed by atoms with Crippen LogP contribution >= 0.6 is 0 Å². The van der Waals surface area contributed by atoms with Crippen molar-refractivity contribution in [2.45, 2.75) is 40.2 Å². The number of aryl methyl sites for hydroxylation is 1. The molecule has 0 amide bonds. The van der Waals surface area contributed by atoms with Gasteiger partial charge in [0, 0.05) is 11.9 Å². The van der Waals surface area contributed by atoms with E-state index in [9.17, 15) is 5.11 Å². The molecule has 4 heteroatoms. The molecule has 0 unspecified atom stereocenters. The fourth-order valence-corrected chi connectivity index (χ4v) is 2.22. The van der Waals surface area contributed by atoms with Gasteiger partial charge in [-0.1, -0.05) is 6.92 Å². The molecule has 0 aliphatic heterocycles. The van der Waals surface area contributed by atoms with E-state index in [1.165, 1.54) is 5.56 Å². The summed E-state index contributed by atoms with van der Waals surface area (Å²) in [5, 5.41) is 14.1. The molecule has 18 heavy (non-hydrogen) atoms. The quantitative estimate of drug-likeness (QED) is 0.904. The van der Waals surface area contributed by atoms with Gasteiger partial charge in [-0.05, 0) is 50.5 Å². The van der Waals surface area contributed by atoms with Gasteiger partial charge in [0.25, 0.3) is 0 Å². The summed E-state index contributed by atoms with van der Waals surface area (Å²) in [6, 6.07) is 3.70. The zero-order chi connectivity index (χ0) is 13.3. The third-order valence-electron chi connectivity index (χ3n) is 3.26. The smallest absolute Gasteiger partial charge is 0.153 e. The molecule has 0 aromatic carbocycles. The Bertz CT molecular complexity index is 558. The molecule has 0 aliphatic rings. The Labute approximate surface area is 107 Å². The van der Waals surface area contributed by atoms with E-state index in [-0.39, 0.29) is 0 Å². The van der Waals surface area contributed by atoms with E-state index < -0.39 is 6.10 Å². The van der Waals surface area contributed by atoms with Crippen LogP contribution in [-0.2, 0) is 6.42 Å². The number of hydrogen-bond acceptors (Lipinski definition) is 3. The Kier molecular flexibility index (Phi) is 3.48. The molecule has 2 heterocycles. The lowest BCUT2D eigenvalue weighted by Crippen LogP contribution is -2.04. The molecule has 0 fully saturated rings. The minimum absolute atomic E-state index is 0.491. The SMILES string of the molecule is CCc1c(C)nn(-c2cc([C@H](C)O)ccn2)c1C. The minimum Gasteiger partial charge on any atom is -0.389 e. The van der Waals surface area contributed by atoms with E-state index in [0.717, 1.165) is 29.2 Å². The molecule has 0 saturated heterocycles. The van der Waals surface area contributed by atoms with Crippen molar-refractivity contribution in [1.29, 1.82) is 0 Å². The molecule has 2 aromatic rings. The van der Waals surface area contributed by atoms with Gasteiger partial charge < -0.3 is 5.11 Å². The molecule has 2 aromatic heterocycles. The van der Waals surface area contributed by atoms with Gasteiger partial charge in [0.1, 0.15) is 0 Å². The summed E-state index contributed by atoms with van der Waals surface area (Å²) in [4.78, 5) is 4.33. The third kappa shape index (κ3) is 2.16. The summed E-state index contributed by atoms with van der Waals surface area (Å²) < 4.78 is 1.85. The van der Waals surface area contributed by atoms with Crippen LogP contribution < -0.4 is 0 Å². The maximum absolute atomic E-state index is 9.61. The normalized spacial score (nSPS) is 12.7. The van der Waals surface area contributed by atoms with Crippen molar-refractivity contribution in [1.82, 2.24) is 14.8 Å². The van der Waals surface area contributed by atoms with Crippen molar-refractivity contribution < 1.29 is 5.11 Å². The van der Waals surface area contributed by atoms with Crippen molar-refractivity contribution in [2.75, 3.05) is 0 Å². The largest absolute Gasteiger partial charge is 0.389 e. The highest BCUT2D eigenvalue weighted by atomic mass is 16.3. The highest BCUT2D eigenvalue weighted by Gasteiger charge is 2.12. The Morgan fingerprint density at radius 3 is 2.67 bits per heavy atom. The predicted octanol–water partition coefficient (Wildman–Crippen LogP) is 2.50. The standard InChI is InChI=1S/C14H19N3O/c1-5-13-9(2)16-17(10(13)3)14-8-12(11(4)18)6-7-15-14/h6-8,11,18H,5H2,1-4H3/t11-/m0/s1. The highest BCUT2D eigenvalue weighted by Crippen LogP contribution is 2.19. The first kappa shape index (κ1) is 12.8. The summed E-state index contributed by atoms with van der Waals surface area (Å²) in [5.74, 6) is 0.758. The van der Waals surface area contributed by atoms with E-state index in [0.29, 0.717) is 0 Å². The van der Waals surface area contributed by atoms with Gasteiger partial charge in [0.05, 0.1) is 11.8 Å². The monoisotopic (exact) mass is 245 g/mol. The second-order valence-electron chi connectivity index (χ2n) is 4.54. The van der Waals surface area contributed by atoms with E-state index in [2.05, 4.69) is 23.9 Å². The number of aliphatic hydroxyl groups excluding tert-OH is 1. The van der Waals surface area contributed by atoms with Gasteiger partial charge in [0.2, 0.25) is 0 Å². The van der Waals surface area contributed by atoms with Crippen LogP contribution in [0.1, 0.15) is 42.5 Å². The van der Waals surface area contributed by atoms with Gasteiger partial charge in [-0.25, -0.2) is 9.67 Å². The molecule has 1 N–H and O–H groups in total. The molecule has 96 valence electrons. The van der Waals surface area contributed by atoms with Crippen LogP contribution in [0.3, 0.4) is 0 Å². The number of pyridine rings is 1. The van der Waals surface area contributed by atoms with E-state index in [1.807, 2.05) is 23.7 Å². The van der Waals surface area contributed by atoms with Crippen LogP contribution in [0.15, 0.2) is 18.3 Å². The summed E-state index contributed by atoms with van der Waals surface area (Å²) >= 11 is 0. The third-order valence-corrected chi connectivity index (χ3v) is 3.26. The van der Waals surface area contributed by atoms with Crippen molar-refractivity contribution in [3.63, 3.8) is 0 Å². The van der Waals surface area contributed by atoms with Crippen molar-refractivity contribution in [3.05, 3.63) is 40.8 Å². The average molecular weight is 245 g/mol. The highest BCUT2D eigenvalue weighted by molar-refractivity contribution is 5.34. The predicted molar refractivity (Wildman–Crippen MR) is 70.8 cm³/mol. The second-order valence-corrected chi connectivity index (χ2v) is 4.54. The number of aliphatic hydroxyl groups is 1. The minimum atomic E-state index is -0.491. The van der Waals surface area contributed by atoms with Crippen LogP contribution in [0.25, 0.3) is 5.82 Å². The van der Waals surface area contributed by atoms with Crippen LogP contribution in [-0.4, -0.2) is 19.9 Å². The first-order valence-electron chi connectivity index (χ1n) is 6.24. The summed E-state index contributed by atoms with van der Waals surface area (Å²) in [6.45, 7) is 7.94. The molecular weight excluding hydrogens is 226 g/mol. The van der Waals surface area contributed by atoms with Gasteiger partial charge in [-0.3, -0.25) is 0 Å². The zero-order valence-electron chi connectivity index (χ0n) is 11.3. The van der Waals surface area contributed by atoms with Crippen LogP contribution in [0, 0.1) is 13.8 Å². The Hall–Kier alpha value is -1.68. The molecule has 4 nitrogen and oxygen atoms in total. The molecule has 0 bridgehead atoms. The van der Waals surface area contributed by atoms with Gasteiger partial charge in [0.15, 0.2) is 5.82 Å². The van der Waals surface area contributed by atoms with Gasteiger partial charge in [-0.15, -0.1) is 0 Å². The summed E-state index contributed by atoms with van der Waals surface area (Å²) in [6.07, 6.45) is 2.18. The molecular formula is C14H19N3O. The second kappa shape index (κ2) is 4.90. The Balaban J connectivity index is 2.52. The summed E-state index contributed by atoms with van der Waals surface area (Å²) in [5.41, 5.74) is 4.27. The van der Waals surface area contributed by atoms with Crippen LogP contribution in [0.2, 0.25) is 0 Å². The van der Waals surface area contributed by atoms with Crippen molar-refractivity contribution in [2.24, 2.45) is 0 Å². The fourth-order valence-electron chi connectivity index (χ4n) is 2.22. The van der Waals surface area contributed by atoms with E-state index in [4.69, 9.17) is 0 Å². The van der Waals surface area contributed by atoms with Crippen molar-refractivity contribution >= 4 is 0 Å². The van der Waals surface area contributed by atoms with E-state index >= 15 is 0 Å². The average Bonchev–Trinajstić information content (AvgIpc) is 2.64. The topological polar surface area (TPSA) is 50.9 Å². The zero-order valence-corrected chi connectivity index (χ0v) is 11.3. The summed E-state index contributed by atoms with van der Waals surface area (Å²) in [7, 11) is 0. The lowest BCUT2D eigenvalue weighted by atomic mass is 10.1. The number of aromatic nitrogens is 3. The number of nitrogens with zero attached hydrogens (tertiary/aromatic N) is 3. The molecule has 1 atom stereocenters. The first-order valence-corrected chi connectivity index (χ1v) is 6.24. The molecule has 0 saturated carbocycles. The maximum atomic E-state index is 9.61. The fraction of sp³-hybridized carbons (Fsp3) is 0.429. The van der Waals surface area contributed by atoms with Gasteiger partial charge >= 0.3 is 0 Å². The molecule has 2 rings (SSSR count). The molecule has 0 spiro atoms. The number of hydrogen-bond donors (Lipinski definition) is 1. The first-order chi connectivity index (χ1) is 8.54. The van der Waals surface area contributed by atoms with Crippen LogP contribution in [0.5, 0.6) is 0 Å². The van der Waals surface area contributed by atoms with Crippen molar-refractivity contribution in [3.8, 4) is 5.82 Å². The Morgan fingerprint density at radius 1 is 1.39 bits per heavy atom. The lowest BCUT2D eigenvalue weighted by Gasteiger charge is -2.08. The van der Waals surface area contributed by atoms with Gasteiger partial charge in [-0.2, -0.15) is 5.10 Å². The molecule has 0 aliphatic carbocycles. The Morgan fingerprint density at radius 2 is 2.11 bits per heavy atom. The number of rotatable bonds is 3. The van der Waals surface area contributed by atoms with E-state index in [1.54, 1.807) is 13.1 Å². The lowest BCUT2D eigenvalue weighted by molar-refractivity contribution is 0.199. The van der Waals surface area contributed by atoms with Crippen LogP contribution in [0.4, 0.5) is 0 Å². The molecule has 0 radical (unpaired) electrons.